The number of hydrogen-bond donors (Lipinski definition) is 0. The van der Waals surface area contributed by atoms with Crippen molar-refractivity contribution in [1.29, 1.82) is 0 Å². The zero-order valence-corrected chi connectivity index (χ0v) is 13.1. The van der Waals surface area contributed by atoms with Crippen LogP contribution in [0.4, 0.5) is 4.79 Å². The summed E-state index contributed by atoms with van der Waals surface area (Å²) in [5.74, 6) is 0.115. The summed E-state index contributed by atoms with van der Waals surface area (Å²) in [6.45, 7) is 7.99. The van der Waals surface area contributed by atoms with E-state index in [1.807, 2.05) is 20.8 Å². The number of carbonyl (C=O) groups excluding carboxylic acids is 2. The van der Waals surface area contributed by atoms with Crippen molar-refractivity contribution in [1.82, 2.24) is 4.90 Å². The molecule has 0 aliphatic carbocycles. The lowest BCUT2D eigenvalue weighted by atomic mass is 9.97. The Morgan fingerprint density at radius 1 is 1.19 bits per heavy atom. The molecule has 6 nitrogen and oxygen atoms in total. The van der Waals surface area contributed by atoms with Gasteiger partial charge < -0.3 is 19.1 Å². The van der Waals surface area contributed by atoms with E-state index in [1.165, 1.54) is 0 Å². The third kappa shape index (κ3) is 4.68. The summed E-state index contributed by atoms with van der Waals surface area (Å²) >= 11 is 0. The zero-order chi connectivity index (χ0) is 15.5. The zero-order valence-electron chi connectivity index (χ0n) is 13.1. The van der Waals surface area contributed by atoms with E-state index in [0.29, 0.717) is 39.4 Å². The average Bonchev–Trinajstić information content (AvgIpc) is 2.91. The van der Waals surface area contributed by atoms with E-state index >= 15 is 0 Å². The highest BCUT2D eigenvalue weighted by molar-refractivity contribution is 5.82. The first kappa shape index (κ1) is 16.2. The first-order chi connectivity index (χ1) is 9.87. The van der Waals surface area contributed by atoms with Crippen LogP contribution in [0.1, 0.15) is 33.6 Å². The number of morpholine rings is 1. The molecule has 0 aromatic rings. The van der Waals surface area contributed by atoms with Gasteiger partial charge in [-0.1, -0.05) is 0 Å². The Kier molecular flexibility index (Phi) is 5.22. The van der Waals surface area contributed by atoms with Crippen LogP contribution in [0.3, 0.4) is 0 Å². The third-order valence-electron chi connectivity index (χ3n) is 3.68. The molecule has 1 amide bonds. The molecular weight excluding hydrogens is 274 g/mol. The van der Waals surface area contributed by atoms with E-state index in [-0.39, 0.29) is 23.8 Å². The summed E-state index contributed by atoms with van der Waals surface area (Å²) in [6, 6.07) is -0.235. The number of Topliss-reactive ketones (excluding diaryl/α,β-unsaturated/α-hetero) is 1. The molecule has 0 aromatic heterocycles. The molecule has 2 fully saturated rings. The first-order valence-corrected chi connectivity index (χ1v) is 7.54. The van der Waals surface area contributed by atoms with Crippen LogP contribution in [0, 0.1) is 5.92 Å². The Labute approximate surface area is 125 Å². The molecule has 0 radical (unpaired) electrons. The monoisotopic (exact) mass is 299 g/mol. The summed E-state index contributed by atoms with van der Waals surface area (Å²) in [5.41, 5.74) is -0.538. The highest BCUT2D eigenvalue weighted by Gasteiger charge is 2.34. The SMILES string of the molecule is CC(C)(C)OC(=O)N1CCOCC1CC(=O)C1CCOC1. The van der Waals surface area contributed by atoms with Gasteiger partial charge in [-0.2, -0.15) is 0 Å². The molecule has 2 aliphatic heterocycles. The van der Waals surface area contributed by atoms with Crippen LogP contribution >= 0.6 is 0 Å². The molecule has 2 atom stereocenters. The van der Waals surface area contributed by atoms with E-state index in [0.717, 1.165) is 6.42 Å². The van der Waals surface area contributed by atoms with Gasteiger partial charge in [0.2, 0.25) is 0 Å². The van der Waals surface area contributed by atoms with E-state index in [9.17, 15) is 9.59 Å². The van der Waals surface area contributed by atoms with Crippen LogP contribution < -0.4 is 0 Å². The Bertz CT molecular complexity index is 384. The molecule has 2 rings (SSSR count). The van der Waals surface area contributed by atoms with Gasteiger partial charge in [-0.25, -0.2) is 4.79 Å². The largest absolute Gasteiger partial charge is 0.444 e. The van der Waals surface area contributed by atoms with E-state index in [1.54, 1.807) is 4.90 Å². The number of rotatable bonds is 3. The quantitative estimate of drug-likeness (QED) is 0.792. The van der Waals surface area contributed by atoms with Crippen LogP contribution in [-0.2, 0) is 19.0 Å². The van der Waals surface area contributed by atoms with Gasteiger partial charge in [0.15, 0.2) is 0 Å². The van der Waals surface area contributed by atoms with E-state index < -0.39 is 5.60 Å². The van der Waals surface area contributed by atoms with Crippen LogP contribution in [0.2, 0.25) is 0 Å². The second-order valence-electron chi connectivity index (χ2n) is 6.63. The lowest BCUT2D eigenvalue weighted by Gasteiger charge is -2.36. The van der Waals surface area contributed by atoms with Crippen LogP contribution in [-0.4, -0.2) is 61.4 Å². The molecule has 0 N–H and O–H groups in total. The highest BCUT2D eigenvalue weighted by Crippen LogP contribution is 2.21. The van der Waals surface area contributed by atoms with Crippen molar-refractivity contribution < 1.29 is 23.8 Å². The molecule has 6 heteroatoms. The molecule has 2 aliphatic rings. The molecular formula is C15H25NO5. The Morgan fingerprint density at radius 3 is 2.52 bits per heavy atom. The number of amides is 1. The van der Waals surface area contributed by atoms with Crippen molar-refractivity contribution in [3.8, 4) is 0 Å². The Hall–Kier alpha value is -1.14. The van der Waals surface area contributed by atoms with Gasteiger partial charge in [0.25, 0.3) is 0 Å². The van der Waals surface area contributed by atoms with Crippen molar-refractivity contribution >= 4 is 11.9 Å². The molecule has 2 saturated heterocycles. The Balaban J connectivity index is 1.94. The number of ether oxygens (including phenoxy) is 3. The second kappa shape index (κ2) is 6.75. The van der Waals surface area contributed by atoms with E-state index in [2.05, 4.69) is 0 Å². The highest BCUT2D eigenvalue weighted by atomic mass is 16.6. The van der Waals surface area contributed by atoms with Crippen molar-refractivity contribution in [2.45, 2.75) is 45.3 Å². The van der Waals surface area contributed by atoms with Gasteiger partial charge in [0, 0.05) is 25.5 Å². The molecule has 0 saturated carbocycles. The lowest BCUT2D eigenvalue weighted by Crippen LogP contribution is -2.51. The molecule has 120 valence electrons. The smallest absolute Gasteiger partial charge is 0.410 e. The summed E-state index contributed by atoms with van der Waals surface area (Å²) < 4.78 is 16.1. The first-order valence-electron chi connectivity index (χ1n) is 7.54. The molecule has 0 spiro atoms. The minimum absolute atomic E-state index is 0.0348. The van der Waals surface area contributed by atoms with E-state index in [4.69, 9.17) is 14.2 Å². The number of hydrogen-bond acceptors (Lipinski definition) is 5. The third-order valence-corrected chi connectivity index (χ3v) is 3.68. The minimum atomic E-state index is -0.538. The van der Waals surface area contributed by atoms with Crippen molar-refractivity contribution in [2.75, 3.05) is 33.0 Å². The molecule has 2 unspecified atom stereocenters. The summed E-state index contributed by atoms with van der Waals surface area (Å²) in [4.78, 5) is 26.1. The predicted octanol–water partition coefficient (Wildman–Crippen LogP) is 1.62. The second-order valence-corrected chi connectivity index (χ2v) is 6.63. The normalized spacial score (nSPS) is 26.7. The van der Waals surface area contributed by atoms with Crippen molar-refractivity contribution in [3.05, 3.63) is 0 Å². The molecule has 2 heterocycles. The minimum Gasteiger partial charge on any atom is -0.444 e. The standard InChI is InChI=1S/C15H25NO5/c1-15(2,3)21-14(18)16-5-7-20-10-12(16)8-13(17)11-4-6-19-9-11/h11-12H,4-10H2,1-3H3. The average molecular weight is 299 g/mol. The van der Waals surface area contributed by atoms with Crippen LogP contribution in [0.5, 0.6) is 0 Å². The molecule has 0 aromatic carbocycles. The summed E-state index contributed by atoms with van der Waals surface area (Å²) in [7, 11) is 0. The maximum absolute atomic E-state index is 12.3. The Morgan fingerprint density at radius 2 is 1.90 bits per heavy atom. The van der Waals surface area contributed by atoms with Gasteiger partial charge in [-0.05, 0) is 27.2 Å². The predicted molar refractivity (Wildman–Crippen MR) is 76.1 cm³/mol. The fourth-order valence-electron chi connectivity index (χ4n) is 2.57. The number of ketones is 1. The van der Waals surface area contributed by atoms with Crippen LogP contribution in [0.25, 0.3) is 0 Å². The van der Waals surface area contributed by atoms with Gasteiger partial charge in [-0.15, -0.1) is 0 Å². The molecule has 21 heavy (non-hydrogen) atoms. The van der Waals surface area contributed by atoms with Gasteiger partial charge >= 0.3 is 6.09 Å². The number of carbonyl (C=O) groups is 2. The van der Waals surface area contributed by atoms with Gasteiger partial charge in [0.05, 0.1) is 25.9 Å². The number of nitrogens with zero attached hydrogens (tertiary/aromatic N) is 1. The van der Waals surface area contributed by atoms with Gasteiger partial charge in [0.1, 0.15) is 11.4 Å². The van der Waals surface area contributed by atoms with Crippen molar-refractivity contribution in [2.24, 2.45) is 5.92 Å². The lowest BCUT2D eigenvalue weighted by molar-refractivity contribution is -0.125. The maximum atomic E-state index is 12.3. The fraction of sp³-hybridized carbons (Fsp3) is 0.867. The van der Waals surface area contributed by atoms with Crippen molar-refractivity contribution in [3.63, 3.8) is 0 Å². The van der Waals surface area contributed by atoms with Gasteiger partial charge in [-0.3, -0.25) is 4.79 Å². The molecule has 0 bridgehead atoms. The van der Waals surface area contributed by atoms with Crippen LogP contribution in [0.15, 0.2) is 0 Å². The summed E-state index contributed by atoms with van der Waals surface area (Å²) in [5, 5.41) is 0. The fourth-order valence-corrected chi connectivity index (χ4v) is 2.57. The topological polar surface area (TPSA) is 65.1 Å². The summed E-state index contributed by atoms with van der Waals surface area (Å²) in [6.07, 6.45) is 0.720. The maximum Gasteiger partial charge on any atom is 0.410 e.